The van der Waals surface area contributed by atoms with Crippen LogP contribution >= 0.6 is 0 Å². The number of nitrogens with one attached hydrogen (secondary N) is 1. The van der Waals surface area contributed by atoms with E-state index >= 15 is 0 Å². The van der Waals surface area contributed by atoms with Gasteiger partial charge in [0.15, 0.2) is 0 Å². The van der Waals surface area contributed by atoms with Crippen LogP contribution in [0.15, 0.2) is 12.1 Å². The lowest BCUT2D eigenvalue weighted by Crippen LogP contribution is -2.36. The highest BCUT2D eigenvalue weighted by atomic mass is 16.4. The summed E-state index contributed by atoms with van der Waals surface area (Å²) < 4.78 is 0. The van der Waals surface area contributed by atoms with Gasteiger partial charge in [-0.1, -0.05) is 17.7 Å². The van der Waals surface area contributed by atoms with Crippen molar-refractivity contribution in [1.29, 1.82) is 0 Å². The molecule has 1 aromatic rings. The minimum Gasteiger partial charge on any atom is -0.481 e. The molecule has 1 aliphatic heterocycles. The third kappa shape index (κ3) is 2.98. The van der Waals surface area contributed by atoms with Crippen molar-refractivity contribution in [3.63, 3.8) is 0 Å². The van der Waals surface area contributed by atoms with Gasteiger partial charge in [-0.2, -0.15) is 0 Å². The van der Waals surface area contributed by atoms with E-state index in [0.717, 1.165) is 42.6 Å². The molecular formula is C16H23NO2. The van der Waals surface area contributed by atoms with Crippen molar-refractivity contribution in [2.75, 3.05) is 13.1 Å². The van der Waals surface area contributed by atoms with E-state index in [1.807, 2.05) is 13.8 Å². The molecule has 19 heavy (non-hydrogen) atoms. The predicted octanol–water partition coefficient (Wildman–Crippen LogP) is 2.78. The van der Waals surface area contributed by atoms with Gasteiger partial charge >= 0.3 is 5.97 Å². The number of carboxylic acid groups (broad SMARTS) is 1. The van der Waals surface area contributed by atoms with Gasteiger partial charge in [-0.15, -0.1) is 0 Å². The van der Waals surface area contributed by atoms with E-state index in [1.165, 1.54) is 5.56 Å². The van der Waals surface area contributed by atoms with E-state index in [9.17, 15) is 9.90 Å². The van der Waals surface area contributed by atoms with Crippen LogP contribution in [0.4, 0.5) is 0 Å². The van der Waals surface area contributed by atoms with Crippen LogP contribution in [0.3, 0.4) is 0 Å². The molecule has 1 aliphatic rings. The van der Waals surface area contributed by atoms with Gasteiger partial charge in [0.05, 0.1) is 5.92 Å². The minimum absolute atomic E-state index is 0.200. The van der Waals surface area contributed by atoms with Gasteiger partial charge in [0.2, 0.25) is 0 Å². The highest BCUT2D eigenvalue weighted by Crippen LogP contribution is 2.34. The lowest BCUT2D eigenvalue weighted by atomic mass is 9.78. The molecule has 0 aliphatic carbocycles. The van der Waals surface area contributed by atoms with Crippen LogP contribution in [0.2, 0.25) is 0 Å². The Labute approximate surface area is 115 Å². The number of hydrogen-bond acceptors (Lipinski definition) is 2. The van der Waals surface area contributed by atoms with Crippen molar-refractivity contribution in [1.82, 2.24) is 5.32 Å². The molecule has 3 heteroatoms. The van der Waals surface area contributed by atoms with Crippen LogP contribution in [0.1, 0.15) is 41.0 Å². The van der Waals surface area contributed by atoms with E-state index in [0.29, 0.717) is 0 Å². The molecule has 1 saturated heterocycles. The fraction of sp³-hybridized carbons (Fsp3) is 0.562. The van der Waals surface area contributed by atoms with Gasteiger partial charge in [-0.05, 0) is 69.3 Å². The summed E-state index contributed by atoms with van der Waals surface area (Å²) in [5.41, 5.74) is 4.43. The Hall–Kier alpha value is -1.35. The number of rotatable bonds is 3. The van der Waals surface area contributed by atoms with E-state index in [-0.39, 0.29) is 11.8 Å². The van der Waals surface area contributed by atoms with Gasteiger partial charge < -0.3 is 10.4 Å². The molecule has 1 aromatic carbocycles. The smallest absolute Gasteiger partial charge is 0.311 e. The van der Waals surface area contributed by atoms with Crippen LogP contribution in [-0.2, 0) is 4.79 Å². The van der Waals surface area contributed by atoms with Gasteiger partial charge in [-0.25, -0.2) is 0 Å². The molecule has 1 heterocycles. The van der Waals surface area contributed by atoms with Crippen molar-refractivity contribution in [2.24, 2.45) is 5.92 Å². The molecule has 2 unspecified atom stereocenters. The Morgan fingerprint density at radius 3 is 2.42 bits per heavy atom. The summed E-state index contributed by atoms with van der Waals surface area (Å²) in [4.78, 5) is 11.8. The van der Waals surface area contributed by atoms with Crippen LogP contribution in [0.25, 0.3) is 0 Å². The molecule has 3 nitrogen and oxygen atoms in total. The Balaban J connectivity index is 2.41. The standard InChI is InChI=1S/C16H23NO2/c1-10-7-11(2)14(12(3)8-10)15(16(18)19)13-5-4-6-17-9-13/h7-8,13,15,17H,4-6,9H2,1-3H3,(H,18,19). The zero-order valence-corrected chi connectivity index (χ0v) is 12.0. The number of aliphatic carboxylic acids is 1. The number of hydrogen-bond donors (Lipinski definition) is 2. The second-order valence-electron chi connectivity index (χ2n) is 5.73. The minimum atomic E-state index is -0.691. The summed E-state index contributed by atoms with van der Waals surface area (Å²) in [5.74, 6) is -0.872. The normalized spacial score (nSPS) is 21.1. The van der Waals surface area contributed by atoms with E-state index in [4.69, 9.17) is 0 Å². The topological polar surface area (TPSA) is 49.3 Å². The first kappa shape index (κ1) is 14.1. The summed E-state index contributed by atoms with van der Waals surface area (Å²) >= 11 is 0. The maximum absolute atomic E-state index is 11.8. The molecule has 2 atom stereocenters. The summed E-state index contributed by atoms with van der Waals surface area (Å²) in [6.45, 7) is 7.93. The van der Waals surface area contributed by atoms with Crippen LogP contribution in [0.5, 0.6) is 0 Å². The predicted molar refractivity (Wildman–Crippen MR) is 76.6 cm³/mol. The molecule has 0 amide bonds. The maximum Gasteiger partial charge on any atom is 0.311 e. The average Bonchev–Trinajstić information content (AvgIpc) is 2.34. The molecule has 0 saturated carbocycles. The third-order valence-corrected chi connectivity index (χ3v) is 4.12. The summed E-state index contributed by atoms with van der Waals surface area (Å²) in [6, 6.07) is 4.18. The van der Waals surface area contributed by atoms with Crippen molar-refractivity contribution >= 4 is 5.97 Å². The van der Waals surface area contributed by atoms with Crippen LogP contribution < -0.4 is 5.32 Å². The monoisotopic (exact) mass is 261 g/mol. The zero-order valence-electron chi connectivity index (χ0n) is 12.0. The summed E-state index contributed by atoms with van der Waals surface area (Å²) in [7, 11) is 0. The molecule has 0 radical (unpaired) electrons. The molecular weight excluding hydrogens is 238 g/mol. The lowest BCUT2D eigenvalue weighted by molar-refractivity contribution is -0.140. The largest absolute Gasteiger partial charge is 0.481 e. The number of piperidine rings is 1. The van der Waals surface area contributed by atoms with Gasteiger partial charge in [0.25, 0.3) is 0 Å². The third-order valence-electron chi connectivity index (χ3n) is 4.12. The number of carbonyl (C=O) groups is 1. The molecule has 2 rings (SSSR count). The fourth-order valence-electron chi connectivity index (χ4n) is 3.41. The first-order chi connectivity index (χ1) is 9.00. The molecule has 2 N–H and O–H groups in total. The molecule has 0 spiro atoms. The Morgan fingerprint density at radius 2 is 1.95 bits per heavy atom. The van der Waals surface area contributed by atoms with Crippen molar-refractivity contribution in [3.8, 4) is 0 Å². The Morgan fingerprint density at radius 1 is 1.32 bits per heavy atom. The van der Waals surface area contributed by atoms with Crippen molar-refractivity contribution in [2.45, 2.75) is 39.5 Å². The SMILES string of the molecule is Cc1cc(C)c(C(C(=O)O)C2CCCNC2)c(C)c1. The van der Waals surface area contributed by atoms with Gasteiger partial charge in [-0.3, -0.25) is 4.79 Å². The van der Waals surface area contributed by atoms with E-state index in [2.05, 4.69) is 24.4 Å². The summed E-state index contributed by atoms with van der Waals surface area (Å²) in [5, 5.41) is 13.0. The quantitative estimate of drug-likeness (QED) is 0.879. The van der Waals surface area contributed by atoms with Gasteiger partial charge in [0, 0.05) is 0 Å². The zero-order chi connectivity index (χ0) is 14.0. The molecule has 0 bridgehead atoms. The number of aryl methyl sites for hydroxylation is 3. The van der Waals surface area contributed by atoms with Crippen LogP contribution in [0, 0.1) is 26.7 Å². The fourth-order valence-corrected chi connectivity index (χ4v) is 3.41. The van der Waals surface area contributed by atoms with Crippen molar-refractivity contribution < 1.29 is 9.90 Å². The second kappa shape index (κ2) is 5.74. The highest BCUT2D eigenvalue weighted by molar-refractivity contribution is 5.78. The Kier molecular flexibility index (Phi) is 4.25. The number of carboxylic acids is 1. The Bertz CT molecular complexity index is 453. The van der Waals surface area contributed by atoms with E-state index < -0.39 is 5.97 Å². The average molecular weight is 261 g/mol. The van der Waals surface area contributed by atoms with E-state index in [1.54, 1.807) is 0 Å². The molecule has 104 valence electrons. The maximum atomic E-state index is 11.8. The van der Waals surface area contributed by atoms with Gasteiger partial charge in [0.1, 0.15) is 0 Å². The first-order valence-corrected chi connectivity index (χ1v) is 7.02. The lowest BCUT2D eigenvalue weighted by Gasteiger charge is -2.30. The molecule has 1 fully saturated rings. The highest BCUT2D eigenvalue weighted by Gasteiger charge is 2.32. The summed E-state index contributed by atoms with van der Waals surface area (Å²) in [6.07, 6.45) is 2.06. The second-order valence-corrected chi connectivity index (χ2v) is 5.73. The number of benzene rings is 1. The van der Waals surface area contributed by atoms with Crippen molar-refractivity contribution in [3.05, 3.63) is 34.4 Å². The van der Waals surface area contributed by atoms with Crippen LogP contribution in [-0.4, -0.2) is 24.2 Å². The first-order valence-electron chi connectivity index (χ1n) is 7.02. The molecule has 0 aromatic heterocycles.